The van der Waals surface area contributed by atoms with Crippen molar-refractivity contribution < 1.29 is 23.8 Å². The van der Waals surface area contributed by atoms with Crippen LogP contribution in [0.2, 0.25) is 0 Å². The summed E-state index contributed by atoms with van der Waals surface area (Å²) < 4.78 is 25.2. The minimum atomic E-state index is -0.901. The molecule has 7 nitrogen and oxygen atoms in total. The lowest BCUT2D eigenvalue weighted by atomic mass is 9.98. The zero-order chi connectivity index (χ0) is 21.9. The molecule has 1 fully saturated rings. The second-order valence-electron chi connectivity index (χ2n) is 8.34. The lowest BCUT2D eigenvalue weighted by Gasteiger charge is -2.36. The number of halogens is 1. The Hall–Kier alpha value is -2.07. The minimum Gasteiger partial charge on any atom is -0.484 e. The highest BCUT2D eigenvalue weighted by molar-refractivity contribution is 7.09. The molecule has 0 radical (unpaired) electrons. The van der Waals surface area contributed by atoms with E-state index in [2.05, 4.69) is 4.98 Å². The summed E-state index contributed by atoms with van der Waals surface area (Å²) >= 11 is 1.56. The van der Waals surface area contributed by atoms with Gasteiger partial charge in [-0.3, -0.25) is 9.69 Å². The monoisotopic (exact) mass is 437 g/mol. The maximum Gasteiger partial charge on any atom is 0.248 e. The van der Waals surface area contributed by atoms with Gasteiger partial charge in [0.1, 0.15) is 6.61 Å². The predicted octanol–water partition coefficient (Wildman–Crippen LogP) is 3.23. The molecule has 1 unspecified atom stereocenters. The first-order chi connectivity index (χ1) is 14.1. The van der Waals surface area contributed by atoms with Crippen molar-refractivity contribution in [1.29, 1.82) is 0 Å². The van der Waals surface area contributed by atoms with Gasteiger partial charge in [0.25, 0.3) is 0 Å². The Bertz CT molecular complexity index is 875. The van der Waals surface area contributed by atoms with Crippen molar-refractivity contribution in [2.75, 3.05) is 13.1 Å². The Balaban J connectivity index is 1.52. The van der Waals surface area contributed by atoms with Gasteiger partial charge in [-0.2, -0.15) is 0 Å². The van der Waals surface area contributed by atoms with Gasteiger partial charge < -0.3 is 20.3 Å². The number of aliphatic hydroxyl groups excluding tert-OH is 1. The van der Waals surface area contributed by atoms with Crippen LogP contribution in [0, 0.1) is 5.82 Å². The van der Waals surface area contributed by atoms with Gasteiger partial charge in [-0.15, -0.1) is 11.3 Å². The molecule has 3 N–H and O–H groups in total. The standard InChI is InChI=1S/C21H28FN3O4S/c1-21(2,3)29-20(27)25-8-6-13(7-9-25)19-24-15(12-30-19)11-28-17-5-4-14(18(23)26)10-16(17)22/h4-5,10,12-13,20,27H,6-9,11H2,1-3H3,(H2,23,26). The van der Waals surface area contributed by atoms with E-state index in [9.17, 15) is 14.3 Å². The summed E-state index contributed by atoms with van der Waals surface area (Å²) in [6.45, 7) is 7.34. The molecule has 1 aromatic heterocycles. The molecule has 9 heteroatoms. The van der Waals surface area contributed by atoms with Crippen molar-refractivity contribution in [3.8, 4) is 5.75 Å². The SMILES string of the molecule is CC(C)(C)OC(O)N1CCC(c2nc(COc3ccc(C(N)=O)cc3F)cs2)CC1. The quantitative estimate of drug-likeness (QED) is 0.646. The Morgan fingerprint density at radius 2 is 2.10 bits per heavy atom. The van der Waals surface area contributed by atoms with Crippen LogP contribution in [0.3, 0.4) is 0 Å². The maximum atomic E-state index is 14.0. The van der Waals surface area contributed by atoms with Crippen molar-refractivity contribution >= 4 is 17.2 Å². The smallest absolute Gasteiger partial charge is 0.248 e. The van der Waals surface area contributed by atoms with E-state index in [4.69, 9.17) is 15.2 Å². The number of nitrogens with two attached hydrogens (primary N) is 1. The number of hydrogen-bond donors (Lipinski definition) is 2. The minimum absolute atomic E-state index is 0.0516. The molecule has 1 amide bonds. The number of nitrogens with zero attached hydrogens (tertiary/aromatic N) is 2. The molecule has 3 rings (SSSR count). The van der Waals surface area contributed by atoms with Gasteiger partial charge in [-0.25, -0.2) is 9.37 Å². The largest absolute Gasteiger partial charge is 0.484 e. The van der Waals surface area contributed by atoms with Crippen LogP contribution < -0.4 is 10.5 Å². The molecule has 0 aliphatic carbocycles. The van der Waals surface area contributed by atoms with Crippen molar-refractivity contribution in [3.05, 3.63) is 45.7 Å². The summed E-state index contributed by atoms with van der Waals surface area (Å²) in [4.78, 5) is 17.7. The summed E-state index contributed by atoms with van der Waals surface area (Å²) in [5, 5.41) is 13.2. The molecule has 1 saturated heterocycles. The molecule has 1 aliphatic rings. The van der Waals surface area contributed by atoms with E-state index in [0.717, 1.165) is 42.7 Å². The fourth-order valence-corrected chi connectivity index (χ4v) is 4.23. The Kier molecular flexibility index (Phi) is 7.07. The van der Waals surface area contributed by atoms with Crippen LogP contribution in [0.5, 0.6) is 5.75 Å². The molecule has 1 aromatic carbocycles. The number of aliphatic hydroxyl groups is 1. The average molecular weight is 438 g/mol. The Morgan fingerprint density at radius 1 is 1.40 bits per heavy atom. The third-order valence-electron chi connectivity index (χ3n) is 4.81. The number of piperidine rings is 1. The molecule has 2 heterocycles. The van der Waals surface area contributed by atoms with Crippen molar-refractivity contribution in [2.45, 2.75) is 58.2 Å². The van der Waals surface area contributed by atoms with Crippen molar-refractivity contribution in [3.63, 3.8) is 0 Å². The summed E-state index contributed by atoms with van der Waals surface area (Å²) in [6, 6.07) is 3.89. The molecule has 0 bridgehead atoms. The van der Waals surface area contributed by atoms with Gasteiger partial charge in [0.15, 0.2) is 11.6 Å². The van der Waals surface area contributed by atoms with Crippen LogP contribution in [0.25, 0.3) is 0 Å². The van der Waals surface area contributed by atoms with E-state index in [1.165, 1.54) is 12.1 Å². The second-order valence-corrected chi connectivity index (χ2v) is 9.23. The molecule has 0 saturated carbocycles. The van der Waals surface area contributed by atoms with Gasteiger partial charge in [-0.1, -0.05) is 0 Å². The van der Waals surface area contributed by atoms with Gasteiger partial charge >= 0.3 is 0 Å². The van der Waals surface area contributed by atoms with Crippen LogP contribution in [-0.4, -0.2) is 46.0 Å². The number of likely N-dealkylation sites (tertiary alicyclic amines) is 1. The molecule has 30 heavy (non-hydrogen) atoms. The van der Waals surface area contributed by atoms with Crippen LogP contribution in [-0.2, 0) is 11.3 Å². The summed E-state index contributed by atoms with van der Waals surface area (Å²) in [6.07, 6.45) is 0.852. The first-order valence-corrected chi connectivity index (χ1v) is 10.8. The van der Waals surface area contributed by atoms with E-state index < -0.39 is 23.7 Å². The van der Waals surface area contributed by atoms with Crippen LogP contribution in [0.4, 0.5) is 4.39 Å². The lowest BCUT2D eigenvalue weighted by Crippen LogP contribution is -2.45. The van der Waals surface area contributed by atoms with E-state index in [1.54, 1.807) is 11.3 Å². The summed E-state index contributed by atoms with van der Waals surface area (Å²) in [5.41, 5.74) is 5.57. The molecule has 1 atom stereocenters. The number of benzene rings is 1. The highest BCUT2D eigenvalue weighted by Crippen LogP contribution is 2.31. The summed E-state index contributed by atoms with van der Waals surface area (Å²) in [5.74, 6) is -0.956. The van der Waals surface area contributed by atoms with Crippen LogP contribution in [0.15, 0.2) is 23.6 Å². The van der Waals surface area contributed by atoms with Crippen LogP contribution >= 0.6 is 11.3 Å². The Morgan fingerprint density at radius 3 is 2.70 bits per heavy atom. The maximum absolute atomic E-state index is 14.0. The molecule has 2 aromatic rings. The fourth-order valence-electron chi connectivity index (χ4n) is 3.26. The predicted molar refractivity (Wildman–Crippen MR) is 112 cm³/mol. The molecule has 1 aliphatic heterocycles. The fraction of sp³-hybridized carbons (Fsp3) is 0.524. The van der Waals surface area contributed by atoms with Gasteiger partial charge in [-0.05, 0) is 51.8 Å². The van der Waals surface area contributed by atoms with Crippen molar-refractivity contribution in [2.24, 2.45) is 5.73 Å². The number of primary amides is 1. The van der Waals surface area contributed by atoms with E-state index in [1.807, 2.05) is 31.1 Å². The van der Waals surface area contributed by atoms with Gasteiger partial charge in [0.05, 0.1) is 16.3 Å². The topological polar surface area (TPSA) is 97.9 Å². The third kappa shape index (κ3) is 5.98. The van der Waals surface area contributed by atoms with Gasteiger partial charge in [0, 0.05) is 30.0 Å². The molecular formula is C21H28FN3O4S. The van der Waals surface area contributed by atoms with E-state index in [0.29, 0.717) is 5.92 Å². The third-order valence-corrected chi connectivity index (χ3v) is 5.87. The number of carbonyl (C=O) groups is 1. The molecular weight excluding hydrogens is 409 g/mol. The van der Waals surface area contributed by atoms with Crippen LogP contribution in [0.1, 0.15) is 60.6 Å². The molecule has 0 spiro atoms. The number of thiazole rings is 1. The number of hydrogen-bond acceptors (Lipinski definition) is 7. The number of amides is 1. The normalized spacial score (nSPS) is 17.1. The number of aromatic nitrogens is 1. The summed E-state index contributed by atoms with van der Waals surface area (Å²) in [7, 11) is 0. The zero-order valence-electron chi connectivity index (χ0n) is 17.4. The second kappa shape index (κ2) is 9.38. The number of carbonyl (C=O) groups excluding carboxylic acids is 1. The zero-order valence-corrected chi connectivity index (χ0v) is 18.2. The van der Waals surface area contributed by atoms with Crippen molar-refractivity contribution in [1.82, 2.24) is 9.88 Å². The first kappa shape index (κ1) is 22.6. The number of ether oxygens (including phenoxy) is 2. The highest BCUT2D eigenvalue weighted by atomic mass is 32.1. The Labute approximate surface area is 179 Å². The number of rotatable bonds is 7. The average Bonchev–Trinajstić information content (AvgIpc) is 3.14. The van der Waals surface area contributed by atoms with E-state index in [-0.39, 0.29) is 17.9 Å². The van der Waals surface area contributed by atoms with Gasteiger partial charge in [0.2, 0.25) is 12.3 Å². The first-order valence-electron chi connectivity index (χ1n) is 9.89. The molecule has 164 valence electrons. The highest BCUT2D eigenvalue weighted by Gasteiger charge is 2.29. The lowest BCUT2D eigenvalue weighted by molar-refractivity contribution is -0.242. The van der Waals surface area contributed by atoms with E-state index >= 15 is 0 Å².